The summed E-state index contributed by atoms with van der Waals surface area (Å²) in [6, 6.07) is 0. The van der Waals surface area contributed by atoms with Crippen molar-refractivity contribution in [3.05, 3.63) is 0 Å². The van der Waals surface area contributed by atoms with E-state index in [0.717, 1.165) is 25.1 Å². The Bertz CT molecular complexity index is 152. The van der Waals surface area contributed by atoms with Crippen LogP contribution in [0.25, 0.3) is 0 Å². The summed E-state index contributed by atoms with van der Waals surface area (Å²) in [5.74, 6) is 1.25. The molecule has 13 heavy (non-hydrogen) atoms. The van der Waals surface area contributed by atoms with Crippen LogP contribution in [0.15, 0.2) is 0 Å². The smallest absolute Gasteiger partial charge is 0.0982 e. The van der Waals surface area contributed by atoms with Gasteiger partial charge in [0, 0.05) is 6.42 Å². The van der Waals surface area contributed by atoms with Crippen LogP contribution in [0.2, 0.25) is 0 Å². The van der Waals surface area contributed by atoms with Crippen LogP contribution in [0.4, 0.5) is 0 Å². The normalized spacial score (nSPS) is 10.1. The fourth-order valence-electron chi connectivity index (χ4n) is 1.19. The maximum atomic E-state index is 7.35. The van der Waals surface area contributed by atoms with Crippen molar-refractivity contribution in [2.24, 2.45) is 5.92 Å². The number of hydrogen-bond acceptors (Lipinski definition) is 2. The van der Waals surface area contributed by atoms with Crippen molar-refractivity contribution in [2.45, 2.75) is 46.0 Å². The van der Waals surface area contributed by atoms with Crippen LogP contribution < -0.4 is 5.32 Å². The summed E-state index contributed by atoms with van der Waals surface area (Å²) in [4.78, 5) is 0. The van der Waals surface area contributed by atoms with Crippen molar-refractivity contribution in [3.63, 3.8) is 0 Å². The molecule has 76 valence electrons. The molecule has 0 spiro atoms. The van der Waals surface area contributed by atoms with Gasteiger partial charge in [0.1, 0.15) is 0 Å². The van der Waals surface area contributed by atoms with Crippen LogP contribution in [-0.2, 0) is 0 Å². The Hall–Kier alpha value is -0.860. The molecular formula is C10H21N3. The van der Waals surface area contributed by atoms with Gasteiger partial charge in [-0.1, -0.05) is 33.1 Å². The summed E-state index contributed by atoms with van der Waals surface area (Å²) < 4.78 is 0. The van der Waals surface area contributed by atoms with Crippen LogP contribution in [0.1, 0.15) is 46.0 Å². The predicted octanol–water partition coefficient (Wildman–Crippen LogP) is 2.77. The second-order valence-corrected chi connectivity index (χ2v) is 3.76. The fourth-order valence-corrected chi connectivity index (χ4v) is 1.19. The van der Waals surface area contributed by atoms with Crippen LogP contribution in [-0.4, -0.2) is 12.2 Å². The molecule has 3 N–H and O–H groups in total. The molecule has 0 aromatic carbocycles. The van der Waals surface area contributed by atoms with Gasteiger partial charge in [0.05, 0.1) is 12.2 Å². The first-order valence-corrected chi connectivity index (χ1v) is 4.99. The van der Waals surface area contributed by atoms with Gasteiger partial charge in [0.15, 0.2) is 0 Å². The molecule has 0 aromatic heterocycles. The van der Waals surface area contributed by atoms with E-state index in [1.54, 1.807) is 0 Å². The van der Waals surface area contributed by atoms with E-state index < -0.39 is 0 Å². The van der Waals surface area contributed by atoms with E-state index in [0.29, 0.717) is 5.84 Å². The third-order valence-electron chi connectivity index (χ3n) is 1.95. The van der Waals surface area contributed by atoms with Gasteiger partial charge in [0.25, 0.3) is 0 Å². The Balaban J connectivity index is 3.16. The highest BCUT2D eigenvalue weighted by atomic mass is 14.9. The fraction of sp³-hybridized carbons (Fsp3) is 0.800. The molecule has 0 aliphatic rings. The van der Waals surface area contributed by atoms with Crippen molar-refractivity contribution in [2.75, 3.05) is 0 Å². The van der Waals surface area contributed by atoms with E-state index in [-0.39, 0.29) is 0 Å². The highest BCUT2D eigenvalue weighted by Crippen LogP contribution is 2.09. The minimum atomic E-state index is 0.458. The SMILES string of the molecule is CC(C)CCCCCC(=N)NC=N. The Morgan fingerprint density at radius 1 is 1.31 bits per heavy atom. The molecule has 0 fully saturated rings. The zero-order valence-corrected chi connectivity index (χ0v) is 8.69. The molecule has 0 aromatic rings. The lowest BCUT2D eigenvalue weighted by molar-refractivity contribution is 0.530. The molecule has 0 aliphatic heterocycles. The third kappa shape index (κ3) is 9.05. The van der Waals surface area contributed by atoms with E-state index in [1.807, 2.05) is 0 Å². The number of rotatable bonds is 7. The molecule has 0 rings (SSSR count). The first kappa shape index (κ1) is 12.1. The van der Waals surface area contributed by atoms with Crippen molar-refractivity contribution < 1.29 is 0 Å². The predicted molar refractivity (Wildman–Crippen MR) is 57.6 cm³/mol. The molecule has 0 unspecified atom stereocenters. The average Bonchev–Trinajstić information content (AvgIpc) is 2.03. The molecule has 0 bridgehead atoms. The van der Waals surface area contributed by atoms with Crippen molar-refractivity contribution in [1.29, 1.82) is 10.8 Å². The molecule has 0 atom stereocenters. The van der Waals surface area contributed by atoms with Gasteiger partial charge in [-0.05, 0) is 12.3 Å². The lowest BCUT2D eigenvalue weighted by Crippen LogP contribution is -2.19. The third-order valence-corrected chi connectivity index (χ3v) is 1.95. The highest BCUT2D eigenvalue weighted by molar-refractivity contribution is 5.88. The minimum absolute atomic E-state index is 0.458. The molecule has 0 aliphatic carbocycles. The van der Waals surface area contributed by atoms with Crippen LogP contribution in [0, 0.1) is 16.7 Å². The van der Waals surface area contributed by atoms with Crippen molar-refractivity contribution in [1.82, 2.24) is 5.32 Å². The molecule has 0 radical (unpaired) electrons. The molecule has 0 saturated heterocycles. The maximum Gasteiger partial charge on any atom is 0.0982 e. The number of amidine groups is 1. The highest BCUT2D eigenvalue weighted by Gasteiger charge is 1.96. The Labute approximate surface area is 80.9 Å². The van der Waals surface area contributed by atoms with Gasteiger partial charge in [-0.2, -0.15) is 0 Å². The maximum absolute atomic E-state index is 7.35. The molecule has 0 amide bonds. The number of unbranched alkanes of at least 4 members (excludes halogenated alkanes) is 2. The largest absolute Gasteiger partial charge is 0.336 e. The zero-order chi connectivity index (χ0) is 10.1. The van der Waals surface area contributed by atoms with E-state index in [4.69, 9.17) is 10.8 Å². The Kier molecular flexibility index (Phi) is 7.26. The van der Waals surface area contributed by atoms with Gasteiger partial charge in [0.2, 0.25) is 0 Å². The summed E-state index contributed by atoms with van der Waals surface area (Å²) in [5.41, 5.74) is 0. The second kappa shape index (κ2) is 7.77. The van der Waals surface area contributed by atoms with Crippen molar-refractivity contribution in [3.8, 4) is 0 Å². The summed E-state index contributed by atoms with van der Waals surface area (Å²) in [6.07, 6.45) is 6.64. The standard InChI is InChI=1S/C10H21N3/c1-9(2)6-4-3-5-7-10(12)13-8-11/h8-9H,3-7H2,1-2H3,(H3,11,12,13). The Morgan fingerprint density at radius 3 is 2.54 bits per heavy atom. The first-order valence-electron chi connectivity index (χ1n) is 4.99. The topological polar surface area (TPSA) is 59.7 Å². The molecule has 3 heteroatoms. The lowest BCUT2D eigenvalue weighted by atomic mass is 10.0. The van der Waals surface area contributed by atoms with Crippen LogP contribution in [0.3, 0.4) is 0 Å². The monoisotopic (exact) mass is 183 g/mol. The van der Waals surface area contributed by atoms with Crippen LogP contribution in [0.5, 0.6) is 0 Å². The summed E-state index contributed by atoms with van der Waals surface area (Å²) in [5, 5.41) is 16.6. The second-order valence-electron chi connectivity index (χ2n) is 3.76. The van der Waals surface area contributed by atoms with Gasteiger partial charge in [-0.3, -0.25) is 10.8 Å². The van der Waals surface area contributed by atoms with E-state index >= 15 is 0 Å². The summed E-state index contributed by atoms with van der Waals surface area (Å²) in [7, 11) is 0. The lowest BCUT2D eigenvalue weighted by Gasteiger charge is -2.04. The number of hydrogen-bond donors (Lipinski definition) is 3. The summed E-state index contributed by atoms with van der Waals surface area (Å²) >= 11 is 0. The van der Waals surface area contributed by atoms with E-state index in [1.165, 1.54) is 19.3 Å². The van der Waals surface area contributed by atoms with Gasteiger partial charge >= 0.3 is 0 Å². The summed E-state index contributed by atoms with van der Waals surface area (Å²) in [6.45, 7) is 4.47. The Morgan fingerprint density at radius 2 is 2.00 bits per heavy atom. The molecule has 0 saturated carbocycles. The van der Waals surface area contributed by atoms with Crippen LogP contribution >= 0.6 is 0 Å². The molecule has 0 heterocycles. The van der Waals surface area contributed by atoms with Gasteiger partial charge in [-0.25, -0.2) is 0 Å². The van der Waals surface area contributed by atoms with E-state index in [9.17, 15) is 0 Å². The van der Waals surface area contributed by atoms with Crippen molar-refractivity contribution >= 4 is 12.2 Å². The average molecular weight is 183 g/mol. The van der Waals surface area contributed by atoms with E-state index in [2.05, 4.69) is 19.2 Å². The molecular weight excluding hydrogens is 162 g/mol. The van der Waals surface area contributed by atoms with Gasteiger partial charge in [-0.15, -0.1) is 0 Å². The zero-order valence-electron chi connectivity index (χ0n) is 8.69. The molecule has 3 nitrogen and oxygen atoms in total. The number of nitrogens with one attached hydrogen (secondary N) is 3. The van der Waals surface area contributed by atoms with Gasteiger partial charge < -0.3 is 5.32 Å². The quantitative estimate of drug-likeness (QED) is 0.317. The minimum Gasteiger partial charge on any atom is -0.336 e. The first-order chi connectivity index (χ1) is 6.16.